The summed E-state index contributed by atoms with van der Waals surface area (Å²) in [6.45, 7) is 3.73. The van der Waals surface area contributed by atoms with Crippen LogP contribution in [0.25, 0.3) is 0 Å². The van der Waals surface area contributed by atoms with Gasteiger partial charge in [0.25, 0.3) is 0 Å². The van der Waals surface area contributed by atoms with Gasteiger partial charge in [-0.25, -0.2) is 14.8 Å². The van der Waals surface area contributed by atoms with E-state index in [1.54, 1.807) is 18.7 Å². The molecule has 1 heterocycles. The second kappa shape index (κ2) is 5.69. The van der Waals surface area contributed by atoms with Crippen LogP contribution in [-0.4, -0.2) is 26.8 Å². The highest BCUT2D eigenvalue weighted by Crippen LogP contribution is 2.16. The summed E-state index contributed by atoms with van der Waals surface area (Å²) < 4.78 is 0. The van der Waals surface area contributed by atoms with Crippen LogP contribution < -0.4 is 5.73 Å². The average molecular weight is 241 g/mol. The number of hydrogen-bond acceptors (Lipinski definition) is 5. The van der Waals surface area contributed by atoms with Gasteiger partial charge in [0.1, 0.15) is 17.2 Å². The molecule has 0 atom stereocenters. The minimum atomic E-state index is -1.08. The Labute approximate surface area is 98.5 Å². The lowest BCUT2D eigenvalue weighted by Crippen LogP contribution is -2.11. The van der Waals surface area contributed by atoms with E-state index < -0.39 is 5.97 Å². The summed E-state index contributed by atoms with van der Waals surface area (Å²) >= 11 is 1.71. The van der Waals surface area contributed by atoms with E-state index in [1.807, 2.05) is 0 Å². The number of hydrogen-bond donors (Lipinski definition) is 2. The quantitative estimate of drug-likeness (QED) is 0.763. The van der Waals surface area contributed by atoms with Gasteiger partial charge < -0.3 is 10.8 Å². The van der Waals surface area contributed by atoms with Gasteiger partial charge in [-0.05, 0) is 19.1 Å². The Kier molecular flexibility index (Phi) is 4.54. The van der Waals surface area contributed by atoms with Gasteiger partial charge in [-0.2, -0.15) is 11.8 Å². The number of anilines is 1. The zero-order chi connectivity index (χ0) is 12.1. The smallest absolute Gasteiger partial charge is 0.341 e. The maximum atomic E-state index is 10.8. The van der Waals surface area contributed by atoms with E-state index in [-0.39, 0.29) is 11.4 Å². The van der Waals surface area contributed by atoms with Crippen LogP contribution in [0.1, 0.15) is 35.2 Å². The second-order valence-corrected chi connectivity index (χ2v) is 4.45. The lowest BCUT2D eigenvalue weighted by Gasteiger charge is -2.06. The molecule has 5 nitrogen and oxygen atoms in total. The number of aromatic carboxylic acids is 1. The van der Waals surface area contributed by atoms with Crippen LogP contribution in [0.5, 0.6) is 0 Å². The van der Waals surface area contributed by atoms with Crippen molar-refractivity contribution in [2.24, 2.45) is 0 Å². The third kappa shape index (κ3) is 3.10. The molecule has 0 saturated heterocycles. The molecule has 0 spiro atoms. The standard InChI is InChI=1S/C10H15N3O2S/c1-3-4-16-5-7-12-6(2)8(10(14)15)9(11)13-7/h3-5H2,1-2H3,(H,14,15)(H2,11,12,13). The summed E-state index contributed by atoms with van der Waals surface area (Å²) in [7, 11) is 0. The maximum absolute atomic E-state index is 10.8. The third-order valence-electron chi connectivity index (χ3n) is 1.96. The summed E-state index contributed by atoms with van der Waals surface area (Å²) in [5, 5.41) is 8.89. The average Bonchev–Trinajstić information content (AvgIpc) is 2.16. The van der Waals surface area contributed by atoms with Gasteiger partial charge in [-0.3, -0.25) is 0 Å². The monoisotopic (exact) mass is 241 g/mol. The number of aryl methyl sites for hydroxylation is 1. The molecular formula is C10H15N3O2S. The fraction of sp³-hybridized carbons (Fsp3) is 0.500. The Morgan fingerprint density at radius 1 is 1.50 bits per heavy atom. The largest absolute Gasteiger partial charge is 0.477 e. The molecule has 0 amide bonds. The van der Waals surface area contributed by atoms with Crippen molar-refractivity contribution in [2.75, 3.05) is 11.5 Å². The Balaban J connectivity index is 2.87. The van der Waals surface area contributed by atoms with Crippen LogP contribution in [0, 0.1) is 6.92 Å². The van der Waals surface area contributed by atoms with E-state index in [9.17, 15) is 4.79 Å². The Morgan fingerprint density at radius 2 is 2.19 bits per heavy atom. The van der Waals surface area contributed by atoms with Crippen molar-refractivity contribution in [2.45, 2.75) is 26.0 Å². The first-order valence-corrected chi connectivity index (χ1v) is 6.15. The summed E-state index contributed by atoms with van der Waals surface area (Å²) in [5.74, 6) is 1.26. The zero-order valence-electron chi connectivity index (χ0n) is 9.36. The third-order valence-corrected chi connectivity index (χ3v) is 3.12. The van der Waals surface area contributed by atoms with Crippen molar-refractivity contribution >= 4 is 23.5 Å². The highest BCUT2D eigenvalue weighted by Gasteiger charge is 2.15. The maximum Gasteiger partial charge on any atom is 0.341 e. The van der Waals surface area contributed by atoms with Crippen molar-refractivity contribution in [1.29, 1.82) is 0 Å². The zero-order valence-corrected chi connectivity index (χ0v) is 10.2. The minimum absolute atomic E-state index is 0.00393. The lowest BCUT2D eigenvalue weighted by atomic mass is 10.2. The van der Waals surface area contributed by atoms with Crippen LogP contribution in [0.3, 0.4) is 0 Å². The van der Waals surface area contributed by atoms with Crippen LogP contribution >= 0.6 is 11.8 Å². The molecule has 0 aromatic carbocycles. The fourth-order valence-electron chi connectivity index (χ4n) is 1.29. The first-order chi connectivity index (χ1) is 7.56. The van der Waals surface area contributed by atoms with Gasteiger partial charge in [-0.15, -0.1) is 0 Å². The Bertz CT molecular complexity index is 373. The van der Waals surface area contributed by atoms with Crippen molar-refractivity contribution in [1.82, 2.24) is 9.97 Å². The topological polar surface area (TPSA) is 89.1 Å². The van der Waals surface area contributed by atoms with Crippen LogP contribution in [-0.2, 0) is 5.75 Å². The molecule has 0 aliphatic heterocycles. The highest BCUT2D eigenvalue weighted by atomic mass is 32.2. The van der Waals surface area contributed by atoms with E-state index in [2.05, 4.69) is 16.9 Å². The molecule has 88 valence electrons. The first kappa shape index (κ1) is 12.8. The van der Waals surface area contributed by atoms with Crippen LogP contribution in [0.2, 0.25) is 0 Å². The summed E-state index contributed by atoms with van der Waals surface area (Å²) in [6, 6.07) is 0. The number of carbonyl (C=O) groups is 1. The van der Waals surface area contributed by atoms with Gasteiger partial charge in [0.15, 0.2) is 0 Å². The number of nitrogen functional groups attached to an aromatic ring is 1. The van der Waals surface area contributed by atoms with Gasteiger partial charge in [0.05, 0.1) is 11.4 Å². The lowest BCUT2D eigenvalue weighted by molar-refractivity contribution is 0.0696. The van der Waals surface area contributed by atoms with Crippen molar-refractivity contribution in [3.8, 4) is 0 Å². The van der Waals surface area contributed by atoms with Gasteiger partial charge in [0.2, 0.25) is 0 Å². The number of nitrogens with zero attached hydrogens (tertiary/aromatic N) is 2. The highest BCUT2D eigenvalue weighted by molar-refractivity contribution is 7.98. The van der Waals surface area contributed by atoms with E-state index in [0.29, 0.717) is 17.3 Å². The summed E-state index contributed by atoms with van der Waals surface area (Å²) in [6.07, 6.45) is 1.09. The number of thioether (sulfide) groups is 1. The number of carboxylic acids is 1. The van der Waals surface area contributed by atoms with Crippen LogP contribution in [0.4, 0.5) is 5.82 Å². The molecular weight excluding hydrogens is 226 g/mol. The molecule has 6 heteroatoms. The molecule has 0 fully saturated rings. The summed E-state index contributed by atoms with van der Waals surface area (Å²) in [4.78, 5) is 19.0. The van der Waals surface area contributed by atoms with Gasteiger partial charge in [0, 0.05) is 0 Å². The molecule has 1 aromatic heterocycles. The van der Waals surface area contributed by atoms with E-state index >= 15 is 0 Å². The SMILES string of the molecule is CCCSCc1nc(C)c(C(=O)O)c(N)n1. The van der Waals surface area contributed by atoms with Gasteiger partial charge >= 0.3 is 5.97 Å². The number of rotatable bonds is 5. The van der Waals surface area contributed by atoms with Crippen LogP contribution in [0.15, 0.2) is 0 Å². The molecule has 0 bridgehead atoms. The normalized spacial score (nSPS) is 10.4. The molecule has 0 aliphatic carbocycles. The predicted molar refractivity (Wildman–Crippen MR) is 64.6 cm³/mol. The molecule has 0 radical (unpaired) electrons. The van der Waals surface area contributed by atoms with E-state index in [1.165, 1.54) is 0 Å². The number of aromatic nitrogens is 2. The number of carboxylic acid groups (broad SMARTS) is 1. The summed E-state index contributed by atoms with van der Waals surface area (Å²) in [5.41, 5.74) is 6.01. The molecule has 0 aliphatic rings. The molecule has 16 heavy (non-hydrogen) atoms. The van der Waals surface area contributed by atoms with E-state index in [4.69, 9.17) is 10.8 Å². The minimum Gasteiger partial charge on any atom is -0.477 e. The van der Waals surface area contributed by atoms with Crippen molar-refractivity contribution in [3.05, 3.63) is 17.1 Å². The van der Waals surface area contributed by atoms with E-state index in [0.717, 1.165) is 12.2 Å². The molecule has 0 unspecified atom stereocenters. The first-order valence-electron chi connectivity index (χ1n) is 5.00. The molecule has 1 rings (SSSR count). The molecule has 0 saturated carbocycles. The second-order valence-electron chi connectivity index (χ2n) is 3.34. The van der Waals surface area contributed by atoms with Crippen molar-refractivity contribution < 1.29 is 9.90 Å². The van der Waals surface area contributed by atoms with Gasteiger partial charge in [-0.1, -0.05) is 6.92 Å². The fourth-order valence-corrected chi connectivity index (χ4v) is 2.04. The molecule has 1 aromatic rings. The predicted octanol–water partition coefficient (Wildman–Crippen LogP) is 1.71. The molecule has 3 N–H and O–H groups in total. The van der Waals surface area contributed by atoms with Crippen molar-refractivity contribution in [3.63, 3.8) is 0 Å². The Hall–Kier alpha value is -1.30. The Morgan fingerprint density at radius 3 is 2.69 bits per heavy atom. The number of nitrogens with two attached hydrogens (primary N) is 1.